The highest BCUT2D eigenvalue weighted by atomic mass is 31.2. The van der Waals surface area contributed by atoms with Crippen molar-refractivity contribution < 1.29 is 0 Å². The summed E-state index contributed by atoms with van der Waals surface area (Å²) < 4.78 is 0. The normalized spacial score (nSPS) is 12.9. The summed E-state index contributed by atoms with van der Waals surface area (Å²) in [5, 5.41) is 7.38. The van der Waals surface area contributed by atoms with E-state index in [1.54, 1.807) is 5.31 Å². The monoisotopic (exact) mass is 499 g/mol. The maximum absolute atomic E-state index is 2.54. The van der Waals surface area contributed by atoms with Crippen LogP contribution in [0.3, 0.4) is 0 Å². The summed E-state index contributed by atoms with van der Waals surface area (Å²) in [5.74, 6) is 1.12. The van der Waals surface area contributed by atoms with Crippen LogP contribution in [0, 0.1) is 0 Å². The molecule has 174 valence electrons. The van der Waals surface area contributed by atoms with Gasteiger partial charge in [0.25, 0.3) is 0 Å². The zero-order chi connectivity index (χ0) is 24.2. The van der Waals surface area contributed by atoms with E-state index in [-0.39, 0.29) is 0 Å². The lowest BCUT2D eigenvalue weighted by atomic mass is 10.1. The first-order valence-electron chi connectivity index (χ1n) is 12.5. The highest BCUT2D eigenvalue weighted by Gasteiger charge is 2.51. The van der Waals surface area contributed by atoms with Crippen molar-refractivity contribution in [2.45, 2.75) is 6.42 Å². The van der Waals surface area contributed by atoms with Crippen LogP contribution in [0.25, 0.3) is 5.31 Å². The Kier molecular flexibility index (Phi) is 6.65. The van der Waals surface area contributed by atoms with Crippen LogP contribution in [0.4, 0.5) is 0 Å². The summed E-state index contributed by atoms with van der Waals surface area (Å²) in [6.07, 6.45) is 3.56. The fourth-order valence-corrected chi connectivity index (χ4v) is 14.9. The molecule has 0 spiro atoms. The molecule has 0 fully saturated rings. The highest BCUT2D eigenvalue weighted by molar-refractivity contribution is 8.04. The Hall–Kier alpha value is -3.30. The minimum atomic E-state index is -1.98. The maximum atomic E-state index is 2.54. The van der Waals surface area contributed by atoms with Gasteiger partial charge in [0.2, 0.25) is 0 Å². The van der Waals surface area contributed by atoms with Gasteiger partial charge >= 0.3 is 0 Å². The average molecular weight is 500 g/mol. The van der Waals surface area contributed by atoms with E-state index in [0.717, 1.165) is 12.3 Å². The molecular formula is C34H29P2+. The zero-order valence-electron chi connectivity index (χ0n) is 20.2. The molecule has 0 saturated heterocycles. The molecule has 0 bridgehead atoms. The van der Waals surface area contributed by atoms with E-state index < -0.39 is 15.2 Å². The topological polar surface area (TPSA) is 0 Å². The molecule has 5 aromatic rings. The van der Waals surface area contributed by atoms with Crippen molar-refractivity contribution in [3.05, 3.63) is 163 Å². The molecule has 36 heavy (non-hydrogen) atoms. The molecule has 5 aromatic carbocycles. The zero-order valence-corrected chi connectivity index (χ0v) is 22.0. The predicted molar refractivity (Wildman–Crippen MR) is 161 cm³/mol. The Labute approximate surface area is 216 Å². The minimum Gasteiger partial charge on any atom is -0.0622 e. The maximum Gasteiger partial charge on any atom is 0.117 e. The number of hydrogen-bond donors (Lipinski definition) is 0. The van der Waals surface area contributed by atoms with Crippen LogP contribution in [0.1, 0.15) is 11.1 Å². The Morgan fingerprint density at radius 2 is 0.944 bits per heavy atom. The van der Waals surface area contributed by atoms with Gasteiger partial charge in [-0.05, 0) is 60.9 Å². The number of rotatable bonds is 7. The number of allylic oxidation sites excluding steroid dienone is 1. The molecule has 1 aliphatic carbocycles. The Balaban J connectivity index is 1.63. The highest BCUT2D eigenvalue weighted by Crippen LogP contribution is 2.73. The van der Waals surface area contributed by atoms with E-state index in [0.29, 0.717) is 0 Å². The smallest absolute Gasteiger partial charge is 0.0622 e. The number of hydrogen-bond acceptors (Lipinski definition) is 0. The third-order valence-electron chi connectivity index (χ3n) is 7.10. The third-order valence-corrected chi connectivity index (χ3v) is 15.4. The second-order valence-electron chi connectivity index (χ2n) is 9.17. The first-order valence-corrected chi connectivity index (χ1v) is 16.0. The number of benzene rings is 5. The fourth-order valence-electron chi connectivity index (χ4n) is 5.40. The van der Waals surface area contributed by atoms with Crippen molar-refractivity contribution >= 4 is 41.7 Å². The van der Waals surface area contributed by atoms with Gasteiger partial charge in [-0.3, -0.25) is 0 Å². The average Bonchev–Trinajstić information content (AvgIpc) is 3.40. The summed E-state index contributed by atoms with van der Waals surface area (Å²) in [6, 6.07) is 54.2. The SMILES string of the molecule is C1=C([P+](CP(c2ccccc2)c2ccccc2)(c2ccccc2)c2ccccc2)c2ccccc2C1. The Morgan fingerprint density at radius 3 is 1.47 bits per heavy atom. The molecule has 0 radical (unpaired) electrons. The molecule has 0 nitrogen and oxygen atoms in total. The Morgan fingerprint density at radius 1 is 0.500 bits per heavy atom. The molecule has 0 N–H and O–H groups in total. The lowest BCUT2D eigenvalue weighted by Gasteiger charge is -2.33. The van der Waals surface area contributed by atoms with Crippen LogP contribution in [0.2, 0.25) is 0 Å². The van der Waals surface area contributed by atoms with Crippen LogP contribution in [0.15, 0.2) is 152 Å². The van der Waals surface area contributed by atoms with Crippen molar-refractivity contribution in [2.75, 3.05) is 5.90 Å². The van der Waals surface area contributed by atoms with Gasteiger partial charge in [0, 0.05) is 5.56 Å². The van der Waals surface area contributed by atoms with Crippen molar-refractivity contribution in [1.29, 1.82) is 0 Å². The van der Waals surface area contributed by atoms with E-state index in [1.165, 1.54) is 32.3 Å². The summed E-state index contributed by atoms with van der Waals surface area (Å²) in [6.45, 7) is 0. The van der Waals surface area contributed by atoms with Gasteiger partial charge in [0.15, 0.2) is 0 Å². The second-order valence-corrected chi connectivity index (χ2v) is 15.3. The molecule has 2 heteroatoms. The van der Waals surface area contributed by atoms with E-state index in [4.69, 9.17) is 0 Å². The molecule has 1 aliphatic rings. The predicted octanol–water partition coefficient (Wildman–Crippen LogP) is 7.34. The quantitative estimate of drug-likeness (QED) is 0.206. The summed E-state index contributed by atoms with van der Waals surface area (Å²) in [7, 11) is -2.56. The van der Waals surface area contributed by atoms with Gasteiger partial charge in [0.05, 0.1) is 0 Å². The standard InChI is InChI=1S/C34H29P2/c1-5-16-29(17-6-1)35(30-18-7-2-8-19-30)27-36(31-20-9-3-10-21-31,32-22-11-4-12-23-32)34-26-25-28-15-13-14-24-33(28)34/h1-24,26H,25,27H2/q+1. The molecule has 0 amide bonds. The molecular weight excluding hydrogens is 470 g/mol. The molecule has 6 rings (SSSR count). The van der Waals surface area contributed by atoms with Crippen molar-refractivity contribution in [3.8, 4) is 0 Å². The van der Waals surface area contributed by atoms with Crippen molar-refractivity contribution in [2.24, 2.45) is 0 Å². The number of fused-ring (bicyclic) bond motifs is 1. The van der Waals surface area contributed by atoms with Crippen LogP contribution in [0.5, 0.6) is 0 Å². The van der Waals surface area contributed by atoms with Crippen LogP contribution in [-0.4, -0.2) is 5.90 Å². The largest absolute Gasteiger partial charge is 0.117 e. The van der Waals surface area contributed by atoms with Crippen LogP contribution in [-0.2, 0) is 6.42 Å². The van der Waals surface area contributed by atoms with E-state index in [2.05, 4.69) is 152 Å². The van der Waals surface area contributed by atoms with Crippen molar-refractivity contribution in [1.82, 2.24) is 0 Å². The molecule has 0 aliphatic heterocycles. The second kappa shape index (κ2) is 10.4. The first kappa shape index (κ1) is 23.1. The molecule has 0 aromatic heterocycles. The van der Waals surface area contributed by atoms with Crippen LogP contribution < -0.4 is 21.2 Å². The van der Waals surface area contributed by atoms with Crippen LogP contribution >= 0.6 is 15.2 Å². The lowest BCUT2D eigenvalue weighted by molar-refractivity contribution is 1.31. The van der Waals surface area contributed by atoms with E-state index in [1.807, 2.05) is 0 Å². The molecule has 0 unspecified atom stereocenters. The van der Waals surface area contributed by atoms with Gasteiger partial charge in [-0.2, -0.15) is 0 Å². The van der Waals surface area contributed by atoms with E-state index in [9.17, 15) is 0 Å². The Bertz CT molecular complexity index is 1380. The molecule has 0 heterocycles. The third kappa shape index (κ3) is 4.26. The van der Waals surface area contributed by atoms with Crippen molar-refractivity contribution in [3.63, 3.8) is 0 Å². The minimum absolute atomic E-state index is 0.583. The molecule has 0 atom stereocenters. The fraction of sp³-hybridized carbons (Fsp3) is 0.0588. The van der Waals surface area contributed by atoms with Gasteiger partial charge in [-0.1, -0.05) is 121 Å². The summed E-state index contributed by atoms with van der Waals surface area (Å²) in [4.78, 5) is 0. The van der Waals surface area contributed by atoms with Gasteiger partial charge in [-0.15, -0.1) is 0 Å². The molecule has 0 saturated carbocycles. The summed E-state index contributed by atoms with van der Waals surface area (Å²) >= 11 is 0. The van der Waals surface area contributed by atoms with Gasteiger partial charge < -0.3 is 0 Å². The summed E-state index contributed by atoms with van der Waals surface area (Å²) in [5.41, 5.74) is 2.89. The van der Waals surface area contributed by atoms with Gasteiger partial charge in [0.1, 0.15) is 29.1 Å². The lowest BCUT2D eigenvalue weighted by Crippen LogP contribution is -2.28. The van der Waals surface area contributed by atoms with E-state index >= 15 is 0 Å². The first-order chi connectivity index (χ1) is 17.9. The van der Waals surface area contributed by atoms with Gasteiger partial charge in [-0.25, -0.2) is 0 Å².